The van der Waals surface area contributed by atoms with Gasteiger partial charge in [-0.3, -0.25) is 0 Å². The van der Waals surface area contributed by atoms with Crippen LogP contribution in [0.4, 0.5) is 0 Å². The van der Waals surface area contributed by atoms with Crippen molar-refractivity contribution < 1.29 is 0 Å². The molecule has 0 nitrogen and oxygen atoms in total. The Labute approximate surface area is 284 Å². The SMILES string of the molecule is C#Cc1ccc(C2CCC(C3CCC(CCC)CC3)CC2)cc1.C#Cc1ccc(C2CCC(C3CCC(CCC)CC3)CC2)cc1. The molecule has 0 spiro atoms. The molecule has 2 aromatic carbocycles. The molecule has 0 aliphatic heterocycles. The minimum absolute atomic E-state index is 0.773. The quantitative estimate of drug-likeness (QED) is 0.259. The Hall–Kier alpha value is -2.44. The van der Waals surface area contributed by atoms with E-state index in [1.54, 1.807) is 0 Å². The molecule has 6 rings (SSSR count). The third kappa shape index (κ3) is 9.79. The highest BCUT2D eigenvalue weighted by Gasteiger charge is 2.32. The molecule has 0 radical (unpaired) electrons. The first-order valence-corrected chi connectivity index (χ1v) is 19.7. The van der Waals surface area contributed by atoms with Gasteiger partial charge in [0.05, 0.1) is 0 Å². The van der Waals surface area contributed by atoms with Gasteiger partial charge in [-0.05, 0) is 160 Å². The lowest BCUT2D eigenvalue weighted by atomic mass is 9.68. The topological polar surface area (TPSA) is 0 Å². The van der Waals surface area contributed by atoms with E-state index in [1.165, 1.54) is 140 Å². The van der Waals surface area contributed by atoms with Crippen molar-refractivity contribution in [2.75, 3.05) is 0 Å². The first kappa shape index (κ1) is 34.9. The Morgan fingerprint density at radius 3 is 0.978 bits per heavy atom. The molecule has 0 heterocycles. The van der Waals surface area contributed by atoms with Crippen molar-refractivity contribution in [3.63, 3.8) is 0 Å². The van der Waals surface area contributed by atoms with Crippen molar-refractivity contribution in [2.45, 2.75) is 154 Å². The van der Waals surface area contributed by atoms with Gasteiger partial charge in [0.1, 0.15) is 0 Å². The molecule has 2 aromatic rings. The molecular weight excluding hydrogens is 553 g/mol. The van der Waals surface area contributed by atoms with Crippen molar-refractivity contribution in [1.29, 1.82) is 0 Å². The van der Waals surface area contributed by atoms with Crippen LogP contribution in [0.2, 0.25) is 0 Å². The lowest BCUT2D eigenvalue weighted by Crippen LogP contribution is -2.25. The van der Waals surface area contributed by atoms with Crippen LogP contribution < -0.4 is 0 Å². The summed E-state index contributed by atoms with van der Waals surface area (Å²) in [4.78, 5) is 0. The number of hydrogen-bond acceptors (Lipinski definition) is 0. The van der Waals surface area contributed by atoms with Gasteiger partial charge in [-0.2, -0.15) is 0 Å². The predicted molar refractivity (Wildman–Crippen MR) is 199 cm³/mol. The van der Waals surface area contributed by atoms with Crippen LogP contribution in [0.15, 0.2) is 48.5 Å². The number of rotatable bonds is 8. The van der Waals surface area contributed by atoms with Gasteiger partial charge in [-0.15, -0.1) is 12.8 Å². The molecule has 248 valence electrons. The second-order valence-corrected chi connectivity index (χ2v) is 15.9. The molecule has 4 fully saturated rings. The maximum absolute atomic E-state index is 5.46. The highest BCUT2D eigenvalue weighted by Crippen LogP contribution is 2.46. The van der Waals surface area contributed by atoms with Crippen LogP contribution in [0.5, 0.6) is 0 Å². The molecular formula is C46H64. The van der Waals surface area contributed by atoms with Gasteiger partial charge in [0, 0.05) is 11.1 Å². The van der Waals surface area contributed by atoms with E-state index in [4.69, 9.17) is 12.8 Å². The Bertz CT molecular complexity index is 1100. The van der Waals surface area contributed by atoms with Crippen LogP contribution in [-0.4, -0.2) is 0 Å². The largest absolute Gasteiger partial charge is 0.115 e. The second-order valence-electron chi connectivity index (χ2n) is 15.9. The minimum Gasteiger partial charge on any atom is -0.115 e. The van der Waals surface area contributed by atoms with Crippen molar-refractivity contribution in [3.8, 4) is 24.7 Å². The Morgan fingerprint density at radius 1 is 0.435 bits per heavy atom. The normalized spacial score (nSPS) is 31.5. The summed E-state index contributed by atoms with van der Waals surface area (Å²) in [6, 6.07) is 17.5. The number of benzene rings is 2. The number of hydrogen-bond donors (Lipinski definition) is 0. The zero-order valence-electron chi connectivity index (χ0n) is 29.5. The van der Waals surface area contributed by atoms with Gasteiger partial charge in [-0.1, -0.05) is 101 Å². The first-order chi connectivity index (χ1) is 22.6. The molecule has 0 unspecified atom stereocenters. The molecule has 4 aliphatic rings. The summed E-state index contributed by atoms with van der Waals surface area (Å²) in [5, 5.41) is 0. The lowest BCUT2D eigenvalue weighted by molar-refractivity contribution is 0.156. The Balaban J connectivity index is 0.000000181. The minimum atomic E-state index is 0.773. The fraction of sp³-hybridized carbons (Fsp3) is 0.652. The molecule has 0 atom stereocenters. The van der Waals surface area contributed by atoms with Gasteiger partial charge >= 0.3 is 0 Å². The fourth-order valence-electron chi connectivity index (χ4n) is 10.3. The standard InChI is InChI=1S/2C23H32/c2*1-3-5-19-8-12-21(13-9-19)23-16-14-22(15-17-23)20-10-6-18(4-2)7-11-20/h2*2,6-7,10-11,19,21-23H,3,5,8-9,12-17H2,1H3. The monoisotopic (exact) mass is 617 g/mol. The molecule has 4 saturated carbocycles. The van der Waals surface area contributed by atoms with E-state index in [0.717, 1.165) is 58.5 Å². The van der Waals surface area contributed by atoms with E-state index in [1.807, 2.05) is 0 Å². The van der Waals surface area contributed by atoms with Gasteiger partial charge in [0.15, 0.2) is 0 Å². The predicted octanol–water partition coefficient (Wildman–Crippen LogP) is 13.1. The maximum Gasteiger partial charge on any atom is 0.0242 e. The van der Waals surface area contributed by atoms with E-state index in [9.17, 15) is 0 Å². The van der Waals surface area contributed by atoms with E-state index in [2.05, 4.69) is 74.2 Å². The molecule has 4 aliphatic carbocycles. The fourth-order valence-corrected chi connectivity index (χ4v) is 10.3. The van der Waals surface area contributed by atoms with Crippen molar-refractivity contribution >= 4 is 0 Å². The summed E-state index contributed by atoms with van der Waals surface area (Å²) < 4.78 is 0. The van der Waals surface area contributed by atoms with E-state index >= 15 is 0 Å². The molecule has 0 N–H and O–H groups in total. The third-order valence-corrected chi connectivity index (χ3v) is 13.2. The average Bonchev–Trinajstić information content (AvgIpc) is 3.13. The van der Waals surface area contributed by atoms with Gasteiger partial charge in [-0.25, -0.2) is 0 Å². The summed E-state index contributed by atoms with van der Waals surface area (Å²) in [5.41, 5.74) is 5.03. The number of terminal acetylenes is 2. The maximum atomic E-state index is 5.46. The molecule has 0 bridgehead atoms. The van der Waals surface area contributed by atoms with Crippen LogP contribution in [0, 0.1) is 60.2 Å². The third-order valence-electron chi connectivity index (χ3n) is 13.2. The zero-order valence-corrected chi connectivity index (χ0v) is 29.5. The summed E-state index contributed by atoms with van der Waals surface area (Å²) in [5.74, 6) is 13.2. The second kappa shape index (κ2) is 18.2. The van der Waals surface area contributed by atoms with Crippen LogP contribution in [-0.2, 0) is 0 Å². The molecule has 0 saturated heterocycles. The Kier molecular flexibility index (Phi) is 13.8. The van der Waals surface area contributed by atoms with E-state index in [0.29, 0.717) is 0 Å². The van der Waals surface area contributed by atoms with Crippen molar-refractivity contribution in [3.05, 3.63) is 70.8 Å². The van der Waals surface area contributed by atoms with Crippen molar-refractivity contribution in [1.82, 2.24) is 0 Å². The summed E-state index contributed by atoms with van der Waals surface area (Å²) in [7, 11) is 0. The highest BCUT2D eigenvalue weighted by atomic mass is 14.4. The molecule has 0 aromatic heterocycles. The van der Waals surface area contributed by atoms with Crippen LogP contribution in [0.1, 0.15) is 176 Å². The summed E-state index contributed by atoms with van der Waals surface area (Å²) in [6.45, 7) is 4.67. The van der Waals surface area contributed by atoms with Gasteiger partial charge in [0.2, 0.25) is 0 Å². The average molecular weight is 617 g/mol. The van der Waals surface area contributed by atoms with Gasteiger partial charge in [0.25, 0.3) is 0 Å². The van der Waals surface area contributed by atoms with Crippen LogP contribution in [0.25, 0.3) is 0 Å². The van der Waals surface area contributed by atoms with Crippen molar-refractivity contribution in [2.24, 2.45) is 35.5 Å². The van der Waals surface area contributed by atoms with Crippen LogP contribution >= 0.6 is 0 Å². The molecule has 0 heteroatoms. The molecule has 46 heavy (non-hydrogen) atoms. The van der Waals surface area contributed by atoms with E-state index in [-0.39, 0.29) is 0 Å². The summed E-state index contributed by atoms with van der Waals surface area (Å²) in [6.07, 6.45) is 40.0. The lowest BCUT2D eigenvalue weighted by Gasteiger charge is -2.38. The Morgan fingerprint density at radius 2 is 0.717 bits per heavy atom. The van der Waals surface area contributed by atoms with Gasteiger partial charge < -0.3 is 0 Å². The summed E-state index contributed by atoms with van der Waals surface area (Å²) >= 11 is 0. The van der Waals surface area contributed by atoms with E-state index < -0.39 is 0 Å². The highest BCUT2D eigenvalue weighted by molar-refractivity contribution is 5.36. The zero-order chi connectivity index (χ0) is 32.1. The smallest absolute Gasteiger partial charge is 0.0242 e. The van der Waals surface area contributed by atoms with Crippen LogP contribution in [0.3, 0.4) is 0 Å². The first-order valence-electron chi connectivity index (χ1n) is 19.7. The molecule has 0 amide bonds.